The number of methoxy groups -OCH3 is 3. The van der Waals surface area contributed by atoms with E-state index in [0.717, 1.165) is 22.3 Å². The second kappa shape index (κ2) is 10.4. The highest BCUT2D eigenvalue weighted by Gasteiger charge is 2.30. The summed E-state index contributed by atoms with van der Waals surface area (Å²) < 4.78 is 21.5. The zero-order chi connectivity index (χ0) is 24.9. The van der Waals surface area contributed by atoms with Gasteiger partial charge in [0.15, 0.2) is 11.5 Å². The molecule has 4 rings (SSSR count). The molecule has 1 aliphatic rings. The minimum Gasteiger partial charge on any atom is -0.496 e. The second-order valence-corrected chi connectivity index (χ2v) is 8.08. The Balaban J connectivity index is 1.47. The van der Waals surface area contributed by atoms with Crippen LogP contribution >= 0.6 is 0 Å². The van der Waals surface area contributed by atoms with E-state index in [-0.39, 0.29) is 18.9 Å². The maximum absolute atomic E-state index is 12.6. The van der Waals surface area contributed by atoms with Gasteiger partial charge in [-0.25, -0.2) is 9.59 Å². The molecule has 2 N–H and O–H groups in total. The predicted molar refractivity (Wildman–Crippen MR) is 129 cm³/mol. The molecule has 0 fully saturated rings. The lowest BCUT2D eigenvalue weighted by Gasteiger charge is -2.19. The molecule has 1 aliphatic carbocycles. The SMILES string of the molecule is COc1cc(OC)c(OC)cc1CC(NC(=O)OCC1c2ccccc2-c2ccccc21)C(=O)O. The van der Waals surface area contributed by atoms with Crippen LogP contribution in [0.3, 0.4) is 0 Å². The Morgan fingerprint density at radius 2 is 1.40 bits per heavy atom. The Morgan fingerprint density at radius 3 is 1.94 bits per heavy atom. The topological polar surface area (TPSA) is 103 Å². The van der Waals surface area contributed by atoms with Gasteiger partial charge in [0.1, 0.15) is 18.4 Å². The van der Waals surface area contributed by atoms with Crippen LogP contribution in [0.2, 0.25) is 0 Å². The molecule has 0 aliphatic heterocycles. The molecule has 0 radical (unpaired) electrons. The van der Waals surface area contributed by atoms with Crippen LogP contribution in [-0.4, -0.2) is 51.1 Å². The molecule has 0 aromatic heterocycles. The summed E-state index contributed by atoms with van der Waals surface area (Å²) in [5.74, 6) is -0.0287. The second-order valence-electron chi connectivity index (χ2n) is 8.08. The monoisotopic (exact) mass is 477 g/mol. The molecule has 0 bridgehead atoms. The Labute approximate surface area is 203 Å². The standard InChI is InChI=1S/C27H27NO7/c1-32-23-14-25(34-3)24(33-2)13-16(23)12-22(26(29)30)28-27(31)35-15-21-19-10-6-4-8-17(19)18-9-5-7-11-20(18)21/h4-11,13-14,21-22H,12,15H2,1-3H3,(H,28,31)(H,29,30). The molecular weight excluding hydrogens is 450 g/mol. The van der Waals surface area contributed by atoms with Crippen molar-refractivity contribution in [2.45, 2.75) is 18.4 Å². The molecule has 1 amide bonds. The van der Waals surface area contributed by atoms with Crippen LogP contribution in [0, 0.1) is 0 Å². The largest absolute Gasteiger partial charge is 0.496 e. The lowest BCUT2D eigenvalue weighted by atomic mass is 9.98. The fraction of sp³-hybridized carbons (Fsp3) is 0.259. The van der Waals surface area contributed by atoms with Gasteiger partial charge in [-0.3, -0.25) is 0 Å². The Bertz CT molecular complexity index is 1190. The molecule has 0 heterocycles. The lowest BCUT2D eigenvalue weighted by Crippen LogP contribution is -2.43. The van der Waals surface area contributed by atoms with Crippen molar-refractivity contribution in [1.29, 1.82) is 0 Å². The van der Waals surface area contributed by atoms with Gasteiger partial charge in [0.25, 0.3) is 0 Å². The number of benzene rings is 3. The number of hydrogen-bond acceptors (Lipinski definition) is 6. The zero-order valence-electron chi connectivity index (χ0n) is 19.7. The van der Waals surface area contributed by atoms with E-state index in [1.54, 1.807) is 12.1 Å². The van der Waals surface area contributed by atoms with E-state index in [0.29, 0.717) is 22.8 Å². The first-order chi connectivity index (χ1) is 17.0. The van der Waals surface area contributed by atoms with Crippen LogP contribution in [0.1, 0.15) is 22.6 Å². The van der Waals surface area contributed by atoms with Crippen molar-refractivity contribution in [2.24, 2.45) is 0 Å². The summed E-state index contributed by atoms with van der Waals surface area (Å²) in [6.45, 7) is 0.0892. The van der Waals surface area contributed by atoms with Crippen LogP contribution in [0.15, 0.2) is 60.7 Å². The number of aliphatic carboxylic acids is 1. The molecule has 0 spiro atoms. The summed E-state index contributed by atoms with van der Waals surface area (Å²) in [6.07, 6.45) is -0.845. The predicted octanol–water partition coefficient (Wildman–Crippen LogP) is 4.25. The van der Waals surface area contributed by atoms with E-state index in [1.165, 1.54) is 21.3 Å². The molecule has 3 aromatic rings. The first-order valence-corrected chi connectivity index (χ1v) is 11.1. The van der Waals surface area contributed by atoms with Gasteiger partial charge in [0.2, 0.25) is 0 Å². The maximum atomic E-state index is 12.6. The zero-order valence-corrected chi connectivity index (χ0v) is 19.7. The van der Waals surface area contributed by atoms with Crippen molar-refractivity contribution in [1.82, 2.24) is 5.32 Å². The molecule has 1 unspecified atom stereocenters. The average Bonchev–Trinajstić information content (AvgIpc) is 3.20. The summed E-state index contributed by atoms with van der Waals surface area (Å²) in [7, 11) is 4.45. The van der Waals surface area contributed by atoms with E-state index in [4.69, 9.17) is 18.9 Å². The number of amides is 1. The van der Waals surface area contributed by atoms with Gasteiger partial charge in [-0.15, -0.1) is 0 Å². The fourth-order valence-electron chi connectivity index (χ4n) is 4.45. The number of ether oxygens (including phenoxy) is 4. The van der Waals surface area contributed by atoms with Crippen molar-refractivity contribution in [3.05, 3.63) is 77.4 Å². The molecule has 0 saturated heterocycles. The van der Waals surface area contributed by atoms with Crippen LogP contribution in [0.5, 0.6) is 17.2 Å². The molecular formula is C27H27NO7. The third-order valence-corrected chi connectivity index (χ3v) is 6.14. The van der Waals surface area contributed by atoms with Gasteiger partial charge >= 0.3 is 12.1 Å². The molecule has 8 nitrogen and oxygen atoms in total. The third-order valence-electron chi connectivity index (χ3n) is 6.14. The van der Waals surface area contributed by atoms with Gasteiger partial charge in [-0.2, -0.15) is 0 Å². The highest BCUT2D eigenvalue weighted by atomic mass is 16.5. The van der Waals surface area contributed by atoms with E-state index >= 15 is 0 Å². The van der Waals surface area contributed by atoms with Gasteiger partial charge in [-0.1, -0.05) is 48.5 Å². The van der Waals surface area contributed by atoms with Gasteiger partial charge in [0, 0.05) is 24.0 Å². The number of alkyl carbamates (subject to hydrolysis) is 1. The summed E-state index contributed by atoms with van der Waals surface area (Å²) in [5, 5.41) is 12.2. The van der Waals surface area contributed by atoms with Crippen molar-refractivity contribution < 1.29 is 33.6 Å². The van der Waals surface area contributed by atoms with E-state index in [1.807, 2.05) is 48.5 Å². The summed E-state index contributed by atoms with van der Waals surface area (Å²) in [4.78, 5) is 24.6. The van der Waals surface area contributed by atoms with E-state index < -0.39 is 18.1 Å². The molecule has 0 saturated carbocycles. The van der Waals surface area contributed by atoms with Crippen LogP contribution < -0.4 is 19.5 Å². The molecule has 182 valence electrons. The number of nitrogens with one attached hydrogen (secondary N) is 1. The third kappa shape index (κ3) is 4.87. The van der Waals surface area contributed by atoms with Crippen LogP contribution in [-0.2, 0) is 16.0 Å². The first kappa shape index (κ1) is 23.9. The van der Waals surface area contributed by atoms with Crippen molar-refractivity contribution in [2.75, 3.05) is 27.9 Å². The van der Waals surface area contributed by atoms with Crippen molar-refractivity contribution in [3.8, 4) is 28.4 Å². The summed E-state index contributed by atoms with van der Waals surface area (Å²) >= 11 is 0. The van der Waals surface area contributed by atoms with Crippen molar-refractivity contribution in [3.63, 3.8) is 0 Å². The molecule has 8 heteroatoms. The smallest absolute Gasteiger partial charge is 0.407 e. The molecule has 1 atom stereocenters. The Kier molecular flexibility index (Phi) is 7.10. The highest BCUT2D eigenvalue weighted by molar-refractivity contribution is 5.81. The summed E-state index contributed by atoms with van der Waals surface area (Å²) in [5.41, 5.74) is 4.91. The van der Waals surface area contributed by atoms with E-state index in [2.05, 4.69) is 5.32 Å². The lowest BCUT2D eigenvalue weighted by molar-refractivity contribution is -0.139. The minimum atomic E-state index is -1.24. The van der Waals surface area contributed by atoms with Gasteiger partial charge in [-0.05, 0) is 28.3 Å². The van der Waals surface area contributed by atoms with Gasteiger partial charge in [0.05, 0.1) is 21.3 Å². The number of fused-ring (bicyclic) bond motifs is 3. The van der Waals surface area contributed by atoms with Crippen LogP contribution in [0.4, 0.5) is 4.79 Å². The highest BCUT2D eigenvalue weighted by Crippen LogP contribution is 2.44. The maximum Gasteiger partial charge on any atom is 0.407 e. The first-order valence-electron chi connectivity index (χ1n) is 11.1. The minimum absolute atomic E-state index is 0.0386. The number of carbonyl (C=O) groups excluding carboxylic acids is 1. The number of carboxylic acid groups (broad SMARTS) is 1. The van der Waals surface area contributed by atoms with Crippen LogP contribution in [0.25, 0.3) is 11.1 Å². The summed E-state index contributed by atoms with van der Waals surface area (Å²) in [6, 6.07) is 18.0. The number of carbonyl (C=O) groups is 2. The molecule has 3 aromatic carbocycles. The normalized spacial score (nSPS) is 12.8. The Hall–Kier alpha value is -4.20. The number of carboxylic acids is 1. The molecule has 35 heavy (non-hydrogen) atoms. The fourth-order valence-corrected chi connectivity index (χ4v) is 4.45. The Morgan fingerprint density at radius 1 is 0.857 bits per heavy atom. The van der Waals surface area contributed by atoms with Crippen molar-refractivity contribution >= 4 is 12.1 Å². The van der Waals surface area contributed by atoms with Gasteiger partial charge < -0.3 is 29.4 Å². The number of rotatable bonds is 9. The quantitative estimate of drug-likeness (QED) is 0.475. The average molecular weight is 478 g/mol. The van der Waals surface area contributed by atoms with E-state index in [9.17, 15) is 14.7 Å². The number of hydrogen-bond donors (Lipinski definition) is 2.